The van der Waals surface area contributed by atoms with Crippen LogP contribution in [0, 0.1) is 11.6 Å². The average molecular weight is 455 g/mol. The zero-order valence-corrected chi connectivity index (χ0v) is 17.2. The fourth-order valence-electron chi connectivity index (χ4n) is 2.45. The molecule has 0 spiro atoms. The van der Waals surface area contributed by atoms with Crippen molar-refractivity contribution >= 4 is 46.6 Å². The number of halogens is 4. The number of aromatic nitrogens is 3. The highest BCUT2D eigenvalue weighted by Gasteiger charge is 2.16. The maximum Gasteiger partial charge on any atom is 0.234 e. The molecular formula is C19H14Cl2F2N4OS. The van der Waals surface area contributed by atoms with Crippen LogP contribution >= 0.6 is 35.0 Å². The summed E-state index contributed by atoms with van der Waals surface area (Å²) < 4.78 is 28.4. The summed E-state index contributed by atoms with van der Waals surface area (Å²) in [5, 5.41) is 12.0. The van der Waals surface area contributed by atoms with Crippen LogP contribution in [0.25, 0.3) is 11.4 Å². The maximum absolute atomic E-state index is 13.7. The Bertz CT molecular complexity index is 1070. The van der Waals surface area contributed by atoms with Gasteiger partial charge in [-0.1, -0.05) is 41.0 Å². The smallest absolute Gasteiger partial charge is 0.234 e. The SMILES string of the molecule is C=CCn1c(SCC(=O)Nc2ccc(F)cc2F)nnc1-c1ccc(Cl)c(Cl)c1. The van der Waals surface area contributed by atoms with Crippen LogP contribution in [0.15, 0.2) is 54.2 Å². The van der Waals surface area contributed by atoms with Crippen LogP contribution in [0.1, 0.15) is 0 Å². The summed E-state index contributed by atoms with van der Waals surface area (Å²) >= 11 is 13.2. The molecule has 1 aromatic heterocycles. The van der Waals surface area contributed by atoms with E-state index >= 15 is 0 Å². The van der Waals surface area contributed by atoms with E-state index in [1.165, 1.54) is 0 Å². The number of carbonyl (C=O) groups is 1. The van der Waals surface area contributed by atoms with Crippen molar-refractivity contribution in [2.75, 3.05) is 11.1 Å². The molecule has 0 radical (unpaired) electrons. The van der Waals surface area contributed by atoms with Gasteiger partial charge < -0.3 is 5.32 Å². The van der Waals surface area contributed by atoms with Gasteiger partial charge in [-0.05, 0) is 30.3 Å². The highest BCUT2D eigenvalue weighted by atomic mass is 35.5. The lowest BCUT2D eigenvalue weighted by Crippen LogP contribution is -2.15. The van der Waals surface area contributed by atoms with E-state index in [9.17, 15) is 13.6 Å². The third kappa shape index (κ3) is 5.14. The number of carbonyl (C=O) groups excluding carboxylic acids is 1. The van der Waals surface area contributed by atoms with Crippen LogP contribution in [0.3, 0.4) is 0 Å². The van der Waals surface area contributed by atoms with Crippen molar-refractivity contribution in [2.24, 2.45) is 0 Å². The fourth-order valence-corrected chi connectivity index (χ4v) is 3.49. The van der Waals surface area contributed by atoms with Gasteiger partial charge in [0.2, 0.25) is 5.91 Å². The van der Waals surface area contributed by atoms with Gasteiger partial charge in [-0.2, -0.15) is 0 Å². The Hall–Kier alpha value is -2.42. The predicted molar refractivity (Wildman–Crippen MR) is 111 cm³/mol. The molecule has 0 aliphatic carbocycles. The Morgan fingerprint density at radius 2 is 1.97 bits per heavy atom. The standard InChI is InChI=1S/C19H14Cl2F2N4OS/c1-2-7-27-18(11-3-5-13(20)14(21)8-11)25-26-19(27)29-10-17(28)24-16-6-4-12(22)9-15(16)23/h2-6,8-9H,1,7,10H2,(H,24,28). The summed E-state index contributed by atoms with van der Waals surface area (Å²) in [6.45, 7) is 4.13. The van der Waals surface area contributed by atoms with Crippen molar-refractivity contribution in [3.63, 3.8) is 0 Å². The van der Waals surface area contributed by atoms with Crippen molar-refractivity contribution in [1.82, 2.24) is 14.8 Å². The van der Waals surface area contributed by atoms with E-state index in [2.05, 4.69) is 22.1 Å². The molecule has 0 unspecified atom stereocenters. The minimum absolute atomic E-state index is 0.0481. The molecule has 29 heavy (non-hydrogen) atoms. The zero-order valence-electron chi connectivity index (χ0n) is 14.8. The van der Waals surface area contributed by atoms with Crippen LogP contribution < -0.4 is 5.32 Å². The molecule has 3 aromatic rings. The number of hydrogen-bond acceptors (Lipinski definition) is 4. The van der Waals surface area contributed by atoms with Crippen LogP contribution in [0.5, 0.6) is 0 Å². The number of benzene rings is 2. The molecular weight excluding hydrogens is 441 g/mol. The van der Waals surface area contributed by atoms with Crippen molar-refractivity contribution < 1.29 is 13.6 Å². The molecule has 5 nitrogen and oxygen atoms in total. The second kappa shape index (κ2) is 9.39. The predicted octanol–water partition coefficient (Wildman–Crippen LogP) is 5.45. The monoisotopic (exact) mass is 454 g/mol. The molecule has 0 fully saturated rings. The van der Waals surface area contributed by atoms with Gasteiger partial charge in [-0.25, -0.2) is 8.78 Å². The molecule has 0 saturated carbocycles. The average Bonchev–Trinajstić information content (AvgIpc) is 3.07. The van der Waals surface area contributed by atoms with E-state index in [1.54, 1.807) is 28.8 Å². The molecule has 0 bridgehead atoms. The Kier molecular flexibility index (Phi) is 6.89. The molecule has 0 aliphatic rings. The number of allylic oxidation sites excluding steroid dienone is 1. The number of hydrogen-bond donors (Lipinski definition) is 1. The Labute approximate surface area is 179 Å². The van der Waals surface area contributed by atoms with Gasteiger partial charge in [0.25, 0.3) is 0 Å². The second-order valence-electron chi connectivity index (χ2n) is 5.80. The molecule has 0 aliphatic heterocycles. The largest absolute Gasteiger partial charge is 0.323 e. The van der Waals surface area contributed by atoms with Gasteiger partial charge in [0.05, 0.1) is 21.5 Å². The first-order valence-corrected chi connectivity index (χ1v) is 10.0. The Morgan fingerprint density at radius 1 is 1.17 bits per heavy atom. The summed E-state index contributed by atoms with van der Waals surface area (Å²) in [5.74, 6) is -1.55. The molecule has 0 saturated heterocycles. The van der Waals surface area contributed by atoms with Crippen molar-refractivity contribution in [1.29, 1.82) is 0 Å². The lowest BCUT2D eigenvalue weighted by atomic mass is 10.2. The molecule has 10 heteroatoms. The quantitative estimate of drug-likeness (QED) is 0.381. The van der Waals surface area contributed by atoms with Crippen LogP contribution in [0.2, 0.25) is 10.0 Å². The molecule has 1 amide bonds. The third-order valence-corrected chi connectivity index (χ3v) is 5.45. The third-order valence-electron chi connectivity index (χ3n) is 3.74. The molecule has 1 heterocycles. The molecule has 1 N–H and O–H groups in total. The molecule has 2 aromatic carbocycles. The van der Waals surface area contributed by atoms with Crippen molar-refractivity contribution in [2.45, 2.75) is 11.7 Å². The lowest BCUT2D eigenvalue weighted by Gasteiger charge is -2.09. The van der Waals surface area contributed by atoms with E-state index in [0.29, 0.717) is 39.2 Å². The maximum atomic E-state index is 13.7. The van der Waals surface area contributed by atoms with E-state index in [4.69, 9.17) is 23.2 Å². The number of amides is 1. The van der Waals surface area contributed by atoms with Gasteiger partial charge in [-0.3, -0.25) is 9.36 Å². The number of thioether (sulfide) groups is 1. The van der Waals surface area contributed by atoms with E-state index in [-0.39, 0.29) is 11.4 Å². The first-order chi connectivity index (χ1) is 13.9. The minimum Gasteiger partial charge on any atom is -0.323 e. The van der Waals surface area contributed by atoms with Crippen LogP contribution in [0.4, 0.5) is 14.5 Å². The lowest BCUT2D eigenvalue weighted by molar-refractivity contribution is -0.113. The van der Waals surface area contributed by atoms with Gasteiger partial charge in [-0.15, -0.1) is 16.8 Å². The Morgan fingerprint density at radius 3 is 2.66 bits per heavy atom. The summed E-state index contributed by atoms with van der Waals surface area (Å²) in [6.07, 6.45) is 1.67. The zero-order chi connectivity index (χ0) is 21.0. The van der Waals surface area contributed by atoms with Gasteiger partial charge in [0.1, 0.15) is 11.6 Å². The normalized spacial score (nSPS) is 10.8. The van der Waals surface area contributed by atoms with E-state index < -0.39 is 17.5 Å². The Balaban J connectivity index is 1.75. The molecule has 3 rings (SSSR count). The van der Waals surface area contributed by atoms with Gasteiger partial charge in [0, 0.05) is 18.2 Å². The number of nitrogens with one attached hydrogen (secondary N) is 1. The summed E-state index contributed by atoms with van der Waals surface area (Å²) in [6, 6.07) is 8.02. The number of rotatable bonds is 7. The van der Waals surface area contributed by atoms with E-state index in [0.717, 1.165) is 23.9 Å². The van der Waals surface area contributed by atoms with Gasteiger partial charge in [0.15, 0.2) is 11.0 Å². The number of nitrogens with zero attached hydrogens (tertiary/aromatic N) is 3. The molecule has 150 valence electrons. The van der Waals surface area contributed by atoms with Crippen LogP contribution in [-0.2, 0) is 11.3 Å². The molecule has 0 atom stereocenters. The minimum atomic E-state index is -0.847. The fraction of sp³-hybridized carbons (Fsp3) is 0.105. The highest BCUT2D eigenvalue weighted by molar-refractivity contribution is 7.99. The summed E-state index contributed by atoms with van der Waals surface area (Å²) in [5.41, 5.74) is 0.611. The topological polar surface area (TPSA) is 59.8 Å². The second-order valence-corrected chi connectivity index (χ2v) is 7.55. The first-order valence-electron chi connectivity index (χ1n) is 8.26. The summed E-state index contributed by atoms with van der Waals surface area (Å²) in [7, 11) is 0. The van der Waals surface area contributed by atoms with Gasteiger partial charge >= 0.3 is 0 Å². The van der Waals surface area contributed by atoms with Crippen LogP contribution in [-0.4, -0.2) is 26.4 Å². The summed E-state index contributed by atoms with van der Waals surface area (Å²) in [4.78, 5) is 12.1. The number of anilines is 1. The first kappa shape index (κ1) is 21.3. The van der Waals surface area contributed by atoms with E-state index in [1.807, 2.05) is 0 Å². The van der Waals surface area contributed by atoms with Crippen molar-refractivity contribution in [3.8, 4) is 11.4 Å². The highest BCUT2D eigenvalue weighted by Crippen LogP contribution is 2.30. The van der Waals surface area contributed by atoms with Crippen molar-refractivity contribution in [3.05, 3.63) is 70.7 Å².